The third-order valence-corrected chi connectivity index (χ3v) is 2.93. The molecule has 1 heterocycles. The average molecular weight is 253 g/mol. The lowest BCUT2D eigenvalue weighted by molar-refractivity contribution is -0.137. The number of carboxylic acid groups (broad SMARTS) is 1. The molecule has 0 radical (unpaired) electrons. The molecule has 7 nitrogen and oxygen atoms in total. The van der Waals surface area contributed by atoms with Crippen LogP contribution in [0, 0.1) is 5.92 Å². The van der Waals surface area contributed by atoms with Crippen LogP contribution in [0.3, 0.4) is 0 Å². The number of hydrogen-bond acceptors (Lipinski definition) is 4. The van der Waals surface area contributed by atoms with Gasteiger partial charge in [0.05, 0.1) is 0 Å². The van der Waals surface area contributed by atoms with E-state index in [9.17, 15) is 14.4 Å². The predicted molar refractivity (Wildman–Crippen MR) is 61.8 cm³/mol. The third kappa shape index (κ3) is 3.28. The number of carbonyl (C=O) groups excluding carboxylic acids is 2. The van der Waals surface area contributed by atoms with Gasteiger partial charge in [-0.2, -0.15) is 5.10 Å². The van der Waals surface area contributed by atoms with E-state index in [0.29, 0.717) is 12.5 Å². The van der Waals surface area contributed by atoms with Crippen molar-refractivity contribution in [3.8, 4) is 0 Å². The molecule has 1 aliphatic heterocycles. The van der Waals surface area contributed by atoms with Crippen molar-refractivity contribution in [3.63, 3.8) is 0 Å². The van der Waals surface area contributed by atoms with Crippen LogP contribution in [-0.4, -0.2) is 46.7 Å². The lowest BCUT2D eigenvalue weighted by Crippen LogP contribution is -2.41. The van der Waals surface area contributed by atoms with Gasteiger partial charge in [0.15, 0.2) is 0 Å². The Kier molecular flexibility index (Phi) is 3.59. The molecule has 0 bridgehead atoms. The Morgan fingerprint density at radius 2 is 2.11 bits per heavy atom. The van der Waals surface area contributed by atoms with Crippen LogP contribution in [0.2, 0.25) is 0 Å². The molecule has 98 valence electrons. The van der Waals surface area contributed by atoms with Crippen molar-refractivity contribution >= 4 is 23.5 Å². The minimum Gasteiger partial charge on any atom is -0.477 e. The highest BCUT2D eigenvalue weighted by Crippen LogP contribution is 2.27. The minimum absolute atomic E-state index is 0.0791. The van der Waals surface area contributed by atoms with E-state index in [2.05, 4.69) is 10.4 Å². The van der Waals surface area contributed by atoms with Crippen molar-refractivity contribution in [2.45, 2.75) is 25.7 Å². The lowest BCUT2D eigenvalue weighted by Gasteiger charge is -2.21. The SMILES string of the molecule is O=C(CN1N=C(C(=O)O)CCC1=O)NCC1CC1. The van der Waals surface area contributed by atoms with Crippen molar-refractivity contribution in [3.05, 3.63) is 0 Å². The van der Waals surface area contributed by atoms with E-state index >= 15 is 0 Å². The summed E-state index contributed by atoms with van der Waals surface area (Å²) in [4.78, 5) is 33.8. The molecule has 0 aromatic heterocycles. The van der Waals surface area contributed by atoms with Crippen LogP contribution in [0.25, 0.3) is 0 Å². The molecular weight excluding hydrogens is 238 g/mol. The van der Waals surface area contributed by atoms with Crippen molar-refractivity contribution in [2.75, 3.05) is 13.1 Å². The second kappa shape index (κ2) is 5.16. The van der Waals surface area contributed by atoms with Crippen LogP contribution in [0.4, 0.5) is 0 Å². The Labute approximate surface area is 104 Å². The monoisotopic (exact) mass is 253 g/mol. The van der Waals surface area contributed by atoms with Crippen molar-refractivity contribution in [1.29, 1.82) is 0 Å². The van der Waals surface area contributed by atoms with Gasteiger partial charge in [0.2, 0.25) is 11.8 Å². The number of amides is 2. The summed E-state index contributed by atoms with van der Waals surface area (Å²) in [6.07, 6.45) is 2.46. The number of rotatable bonds is 5. The van der Waals surface area contributed by atoms with E-state index < -0.39 is 5.97 Å². The zero-order valence-electron chi connectivity index (χ0n) is 9.89. The summed E-state index contributed by atoms with van der Waals surface area (Å²) >= 11 is 0. The molecule has 18 heavy (non-hydrogen) atoms. The number of nitrogens with zero attached hydrogens (tertiary/aromatic N) is 2. The highest BCUT2D eigenvalue weighted by Gasteiger charge is 2.26. The zero-order valence-corrected chi connectivity index (χ0v) is 9.89. The van der Waals surface area contributed by atoms with Crippen LogP contribution in [0.15, 0.2) is 5.10 Å². The molecule has 1 saturated carbocycles. The quantitative estimate of drug-likeness (QED) is 0.694. The van der Waals surface area contributed by atoms with Gasteiger partial charge in [-0.1, -0.05) is 0 Å². The Hall–Kier alpha value is -1.92. The minimum atomic E-state index is -1.15. The van der Waals surface area contributed by atoms with Crippen LogP contribution in [0.5, 0.6) is 0 Å². The summed E-state index contributed by atoms with van der Waals surface area (Å²) in [7, 11) is 0. The maximum atomic E-state index is 11.5. The number of carboxylic acids is 1. The van der Waals surface area contributed by atoms with Gasteiger partial charge >= 0.3 is 5.97 Å². The Morgan fingerprint density at radius 1 is 1.39 bits per heavy atom. The second-order valence-corrected chi connectivity index (χ2v) is 4.55. The normalized spacial score (nSPS) is 19.4. The summed E-state index contributed by atoms with van der Waals surface area (Å²) in [6.45, 7) is 0.415. The molecule has 7 heteroatoms. The van der Waals surface area contributed by atoms with Crippen LogP contribution in [-0.2, 0) is 14.4 Å². The molecular formula is C11H15N3O4. The number of hydrazone groups is 1. The van der Waals surface area contributed by atoms with E-state index in [1.165, 1.54) is 0 Å². The van der Waals surface area contributed by atoms with Gasteiger partial charge < -0.3 is 10.4 Å². The van der Waals surface area contributed by atoms with Crippen molar-refractivity contribution < 1.29 is 19.5 Å². The van der Waals surface area contributed by atoms with Gasteiger partial charge in [0.25, 0.3) is 0 Å². The Balaban J connectivity index is 1.88. The smallest absolute Gasteiger partial charge is 0.352 e. The molecule has 2 amide bonds. The summed E-state index contributed by atoms with van der Waals surface area (Å²) < 4.78 is 0. The summed E-state index contributed by atoms with van der Waals surface area (Å²) in [5.74, 6) is -1.21. The number of nitrogens with one attached hydrogen (secondary N) is 1. The molecule has 0 aromatic carbocycles. The summed E-state index contributed by atoms with van der Waals surface area (Å²) in [6, 6.07) is 0. The van der Waals surface area contributed by atoms with Crippen LogP contribution in [0.1, 0.15) is 25.7 Å². The van der Waals surface area contributed by atoms with E-state index in [4.69, 9.17) is 5.11 Å². The molecule has 2 rings (SSSR count). The first-order valence-corrected chi connectivity index (χ1v) is 5.94. The molecule has 0 unspecified atom stereocenters. The number of aliphatic carboxylic acids is 1. The molecule has 0 atom stereocenters. The maximum absolute atomic E-state index is 11.5. The highest BCUT2D eigenvalue weighted by atomic mass is 16.4. The molecule has 1 aliphatic carbocycles. The summed E-state index contributed by atoms with van der Waals surface area (Å²) in [5.41, 5.74) is -0.0791. The predicted octanol–water partition coefficient (Wildman–Crippen LogP) is -0.424. The van der Waals surface area contributed by atoms with Gasteiger partial charge in [-0.3, -0.25) is 9.59 Å². The maximum Gasteiger partial charge on any atom is 0.352 e. The number of carbonyl (C=O) groups is 3. The molecule has 2 aliphatic rings. The summed E-state index contributed by atoms with van der Waals surface area (Å²) in [5, 5.41) is 16.1. The molecule has 1 fully saturated rings. The van der Waals surface area contributed by atoms with Gasteiger partial charge in [-0.25, -0.2) is 9.80 Å². The zero-order chi connectivity index (χ0) is 13.1. The van der Waals surface area contributed by atoms with E-state index in [1.54, 1.807) is 0 Å². The van der Waals surface area contributed by atoms with Gasteiger partial charge in [-0.15, -0.1) is 0 Å². The topological polar surface area (TPSA) is 99.1 Å². The van der Waals surface area contributed by atoms with Crippen molar-refractivity contribution in [1.82, 2.24) is 10.3 Å². The number of hydrogen-bond donors (Lipinski definition) is 2. The third-order valence-electron chi connectivity index (χ3n) is 2.93. The first kappa shape index (κ1) is 12.5. The standard InChI is InChI=1S/C11H15N3O4/c15-9(12-5-7-1-2-7)6-14-10(16)4-3-8(13-14)11(17)18/h7H,1-6H2,(H,12,15)(H,17,18). The highest BCUT2D eigenvalue weighted by molar-refractivity contribution is 6.36. The first-order chi connectivity index (χ1) is 8.56. The van der Waals surface area contributed by atoms with Crippen LogP contribution >= 0.6 is 0 Å². The molecule has 0 spiro atoms. The van der Waals surface area contributed by atoms with Gasteiger partial charge in [-0.05, 0) is 18.8 Å². The van der Waals surface area contributed by atoms with Crippen LogP contribution < -0.4 is 5.32 Å². The average Bonchev–Trinajstić information content (AvgIpc) is 3.13. The fraction of sp³-hybridized carbons (Fsp3) is 0.636. The Bertz CT molecular complexity index is 415. The first-order valence-electron chi connectivity index (χ1n) is 5.94. The fourth-order valence-corrected chi connectivity index (χ4v) is 1.65. The fourth-order valence-electron chi connectivity index (χ4n) is 1.65. The molecule has 0 saturated heterocycles. The van der Waals surface area contributed by atoms with E-state index in [1.807, 2.05) is 0 Å². The molecule has 0 aromatic rings. The largest absolute Gasteiger partial charge is 0.477 e. The lowest BCUT2D eigenvalue weighted by atomic mass is 10.2. The van der Waals surface area contributed by atoms with Crippen molar-refractivity contribution in [2.24, 2.45) is 11.0 Å². The van der Waals surface area contributed by atoms with E-state index in [-0.39, 0.29) is 36.9 Å². The van der Waals surface area contributed by atoms with Gasteiger partial charge in [0.1, 0.15) is 12.3 Å². The molecule has 2 N–H and O–H groups in total. The van der Waals surface area contributed by atoms with E-state index in [0.717, 1.165) is 17.9 Å². The van der Waals surface area contributed by atoms with Gasteiger partial charge in [0, 0.05) is 19.4 Å². The Morgan fingerprint density at radius 3 is 2.72 bits per heavy atom. The second-order valence-electron chi connectivity index (χ2n) is 4.55.